The number of anilines is 3. The van der Waals surface area contributed by atoms with Crippen molar-refractivity contribution in [1.29, 1.82) is 0 Å². The van der Waals surface area contributed by atoms with Crippen molar-refractivity contribution in [2.24, 2.45) is 0 Å². The first kappa shape index (κ1) is 21.2. The molecule has 1 heteroatoms. The zero-order valence-corrected chi connectivity index (χ0v) is 18.9. The van der Waals surface area contributed by atoms with Crippen LogP contribution in [0.4, 0.5) is 17.1 Å². The third-order valence-electron chi connectivity index (χ3n) is 6.42. The van der Waals surface area contributed by atoms with Gasteiger partial charge in [0, 0.05) is 17.1 Å². The van der Waals surface area contributed by atoms with Gasteiger partial charge in [0.1, 0.15) is 0 Å². The van der Waals surface area contributed by atoms with E-state index < -0.39 is 0 Å². The molecule has 0 N–H and O–H groups in total. The van der Waals surface area contributed by atoms with Crippen LogP contribution in [0.25, 0.3) is 0 Å². The smallest absolute Gasteiger partial charge is 0.0461 e. The molecule has 0 bridgehead atoms. The number of rotatable bonds is 7. The van der Waals surface area contributed by atoms with Crippen LogP contribution >= 0.6 is 0 Å². The minimum atomic E-state index is 0.200. The van der Waals surface area contributed by atoms with Gasteiger partial charge in [-0.2, -0.15) is 0 Å². The zero-order chi connectivity index (χ0) is 21.0. The molecule has 29 heavy (non-hydrogen) atoms. The summed E-state index contributed by atoms with van der Waals surface area (Å²) in [7, 11) is 0. The van der Waals surface area contributed by atoms with Crippen molar-refractivity contribution in [3.8, 4) is 0 Å². The van der Waals surface area contributed by atoms with E-state index in [9.17, 15) is 0 Å². The van der Waals surface area contributed by atoms with Crippen LogP contribution in [0.3, 0.4) is 0 Å². The van der Waals surface area contributed by atoms with E-state index in [4.69, 9.17) is 0 Å². The molecule has 0 fully saturated rings. The molecule has 0 saturated carbocycles. The van der Waals surface area contributed by atoms with Crippen molar-refractivity contribution < 1.29 is 0 Å². The molecule has 0 aliphatic heterocycles. The molecule has 0 heterocycles. The molecule has 0 saturated heterocycles. The third kappa shape index (κ3) is 4.72. The Kier molecular flexibility index (Phi) is 6.47. The van der Waals surface area contributed by atoms with Crippen LogP contribution < -0.4 is 4.90 Å². The number of benzene rings is 3. The van der Waals surface area contributed by atoms with Gasteiger partial charge < -0.3 is 4.90 Å². The van der Waals surface area contributed by atoms with E-state index in [1.165, 1.54) is 33.8 Å². The van der Waals surface area contributed by atoms with E-state index in [-0.39, 0.29) is 5.41 Å². The largest absolute Gasteiger partial charge is 0.311 e. The first-order valence-corrected chi connectivity index (χ1v) is 10.9. The van der Waals surface area contributed by atoms with Gasteiger partial charge in [-0.25, -0.2) is 0 Å². The average Bonchev–Trinajstić information content (AvgIpc) is 2.75. The molecule has 0 spiro atoms. The Morgan fingerprint density at radius 3 is 1.62 bits per heavy atom. The molecule has 0 aliphatic rings. The molecule has 3 aromatic carbocycles. The third-order valence-corrected chi connectivity index (χ3v) is 6.42. The van der Waals surface area contributed by atoms with Gasteiger partial charge in [0.05, 0.1) is 0 Å². The van der Waals surface area contributed by atoms with Gasteiger partial charge >= 0.3 is 0 Å². The van der Waals surface area contributed by atoms with Gasteiger partial charge in [0.25, 0.3) is 0 Å². The van der Waals surface area contributed by atoms with Crippen molar-refractivity contribution in [2.75, 3.05) is 4.90 Å². The Morgan fingerprint density at radius 1 is 0.724 bits per heavy atom. The van der Waals surface area contributed by atoms with Gasteiger partial charge in [-0.1, -0.05) is 76.6 Å². The summed E-state index contributed by atoms with van der Waals surface area (Å²) in [6.45, 7) is 13.6. The van der Waals surface area contributed by atoms with Gasteiger partial charge in [-0.3, -0.25) is 0 Å². The SMILES string of the molecule is CCC(C)c1ccc(N(c2ccc(C)cc2)c2ccc(C(C)(C)CC)cc2)cc1. The van der Waals surface area contributed by atoms with Crippen LogP contribution in [0.15, 0.2) is 72.8 Å². The molecule has 0 amide bonds. The molecule has 152 valence electrons. The summed E-state index contributed by atoms with van der Waals surface area (Å²) >= 11 is 0. The van der Waals surface area contributed by atoms with Crippen LogP contribution in [0, 0.1) is 6.92 Å². The first-order valence-electron chi connectivity index (χ1n) is 10.9. The van der Waals surface area contributed by atoms with E-state index in [1.807, 2.05) is 0 Å². The average molecular weight is 386 g/mol. The highest BCUT2D eigenvalue weighted by Crippen LogP contribution is 2.37. The molecule has 3 aromatic rings. The standard InChI is InChI=1S/C28H35N/c1-7-22(4)23-11-17-26(18-12-23)29(25-15-9-21(3)10-16-25)27-19-13-24(14-20-27)28(5,6)8-2/h9-20,22H,7-8H2,1-6H3. The number of nitrogens with zero attached hydrogens (tertiary/aromatic N) is 1. The Labute approximate surface area is 177 Å². The highest BCUT2D eigenvalue weighted by atomic mass is 15.1. The number of aryl methyl sites for hydroxylation is 1. The topological polar surface area (TPSA) is 3.24 Å². The molecule has 0 aromatic heterocycles. The fourth-order valence-corrected chi connectivity index (χ4v) is 3.59. The van der Waals surface area contributed by atoms with Crippen LogP contribution in [0.1, 0.15) is 70.1 Å². The predicted molar refractivity (Wildman–Crippen MR) is 128 cm³/mol. The van der Waals surface area contributed by atoms with E-state index in [1.54, 1.807) is 0 Å². The maximum absolute atomic E-state index is 2.35. The summed E-state index contributed by atoms with van der Waals surface area (Å²) in [6, 6.07) is 26.9. The summed E-state index contributed by atoms with van der Waals surface area (Å²) in [6.07, 6.45) is 2.29. The van der Waals surface area contributed by atoms with E-state index in [2.05, 4.69) is 119 Å². The Morgan fingerprint density at radius 2 is 1.17 bits per heavy atom. The Balaban J connectivity index is 2.03. The minimum absolute atomic E-state index is 0.200. The second kappa shape index (κ2) is 8.86. The summed E-state index contributed by atoms with van der Waals surface area (Å²) in [5, 5.41) is 0. The molecule has 0 aliphatic carbocycles. The molecule has 1 atom stereocenters. The fourth-order valence-electron chi connectivity index (χ4n) is 3.59. The molecule has 3 rings (SSSR count). The number of hydrogen-bond acceptors (Lipinski definition) is 1. The highest BCUT2D eigenvalue weighted by molar-refractivity contribution is 5.76. The van der Waals surface area contributed by atoms with Gasteiger partial charge in [-0.15, -0.1) is 0 Å². The van der Waals surface area contributed by atoms with Crippen molar-refractivity contribution >= 4 is 17.1 Å². The highest BCUT2D eigenvalue weighted by Gasteiger charge is 2.19. The van der Waals surface area contributed by atoms with E-state index >= 15 is 0 Å². The normalized spacial score (nSPS) is 12.6. The summed E-state index contributed by atoms with van der Waals surface area (Å²) in [5.41, 5.74) is 7.85. The lowest BCUT2D eigenvalue weighted by molar-refractivity contribution is 0.506. The maximum atomic E-state index is 2.35. The van der Waals surface area contributed by atoms with Gasteiger partial charge in [0.2, 0.25) is 0 Å². The monoisotopic (exact) mass is 385 g/mol. The van der Waals surface area contributed by atoms with Crippen molar-refractivity contribution in [3.05, 3.63) is 89.5 Å². The lowest BCUT2D eigenvalue weighted by Gasteiger charge is -2.28. The van der Waals surface area contributed by atoms with Crippen LogP contribution in [-0.4, -0.2) is 0 Å². The predicted octanol–water partition coefficient (Wildman–Crippen LogP) is 8.67. The fraction of sp³-hybridized carbons (Fsp3) is 0.357. The van der Waals surface area contributed by atoms with Crippen molar-refractivity contribution in [1.82, 2.24) is 0 Å². The second-order valence-corrected chi connectivity index (χ2v) is 8.86. The van der Waals surface area contributed by atoms with Crippen LogP contribution in [-0.2, 0) is 5.41 Å². The lowest BCUT2D eigenvalue weighted by atomic mass is 9.82. The first-order chi connectivity index (χ1) is 13.9. The van der Waals surface area contributed by atoms with Gasteiger partial charge in [0.15, 0.2) is 0 Å². The zero-order valence-electron chi connectivity index (χ0n) is 18.9. The Hall–Kier alpha value is -2.54. The summed E-state index contributed by atoms with van der Waals surface area (Å²) in [4.78, 5) is 2.35. The van der Waals surface area contributed by atoms with E-state index in [0.29, 0.717) is 5.92 Å². The Bertz CT molecular complexity index is 902. The van der Waals surface area contributed by atoms with E-state index in [0.717, 1.165) is 12.8 Å². The molecule has 1 unspecified atom stereocenters. The van der Waals surface area contributed by atoms with Crippen LogP contribution in [0.5, 0.6) is 0 Å². The molecular weight excluding hydrogens is 350 g/mol. The van der Waals surface area contributed by atoms with Crippen molar-refractivity contribution in [2.45, 2.75) is 65.7 Å². The maximum Gasteiger partial charge on any atom is 0.0461 e. The second-order valence-electron chi connectivity index (χ2n) is 8.86. The van der Waals surface area contributed by atoms with Crippen molar-refractivity contribution in [3.63, 3.8) is 0 Å². The lowest BCUT2D eigenvalue weighted by Crippen LogP contribution is -2.16. The molecule has 0 radical (unpaired) electrons. The molecular formula is C28H35N. The van der Waals surface area contributed by atoms with Gasteiger partial charge in [-0.05, 0) is 78.6 Å². The quantitative estimate of drug-likeness (QED) is 0.393. The summed E-state index contributed by atoms with van der Waals surface area (Å²) < 4.78 is 0. The van der Waals surface area contributed by atoms with Crippen LogP contribution in [0.2, 0.25) is 0 Å². The minimum Gasteiger partial charge on any atom is -0.311 e. The molecule has 1 nitrogen and oxygen atoms in total. The summed E-state index contributed by atoms with van der Waals surface area (Å²) in [5.74, 6) is 0.590. The number of hydrogen-bond donors (Lipinski definition) is 0.